The third-order valence-electron chi connectivity index (χ3n) is 2.33. The molecule has 5 nitrogen and oxygen atoms in total. The van der Waals surface area contributed by atoms with Crippen LogP contribution in [0.2, 0.25) is 5.02 Å². The molecule has 1 aromatic carbocycles. The Morgan fingerprint density at radius 1 is 1.37 bits per heavy atom. The number of halogens is 1. The molecule has 2 aromatic rings. The summed E-state index contributed by atoms with van der Waals surface area (Å²) in [6, 6.07) is 11.5. The number of hydrogen-bond acceptors (Lipinski definition) is 4. The molecular formula is C13H9ClN4O. The van der Waals surface area contributed by atoms with E-state index in [-0.39, 0.29) is 16.5 Å². The Balaban J connectivity index is 2.26. The maximum Gasteiger partial charge on any atom is 0.275 e. The molecule has 19 heavy (non-hydrogen) atoms. The molecule has 0 radical (unpaired) electrons. The van der Waals surface area contributed by atoms with Crippen molar-refractivity contribution < 1.29 is 4.79 Å². The third kappa shape index (κ3) is 3.00. The van der Waals surface area contributed by atoms with Gasteiger partial charge in [-0.25, -0.2) is 4.98 Å². The molecular weight excluding hydrogens is 264 g/mol. The topological polar surface area (TPSA) is 91.8 Å². The summed E-state index contributed by atoms with van der Waals surface area (Å²) in [5.74, 6) is -0.271. The molecule has 6 heteroatoms. The van der Waals surface area contributed by atoms with Gasteiger partial charge in [0, 0.05) is 5.69 Å². The van der Waals surface area contributed by atoms with Crippen LogP contribution in [-0.4, -0.2) is 10.9 Å². The van der Waals surface area contributed by atoms with E-state index in [0.29, 0.717) is 11.3 Å². The summed E-state index contributed by atoms with van der Waals surface area (Å²) in [5, 5.41) is 11.6. The number of rotatable bonds is 2. The minimum Gasteiger partial charge on any atom is -0.384 e. The first-order valence-electron chi connectivity index (χ1n) is 5.33. The van der Waals surface area contributed by atoms with Crippen molar-refractivity contribution in [2.45, 2.75) is 0 Å². The first-order chi connectivity index (χ1) is 9.10. The summed E-state index contributed by atoms with van der Waals surface area (Å²) in [4.78, 5) is 15.9. The number of nitrogens with one attached hydrogen (secondary N) is 1. The Labute approximate surface area is 114 Å². The van der Waals surface area contributed by atoms with Gasteiger partial charge in [-0.15, -0.1) is 0 Å². The molecule has 0 aliphatic carbocycles. The molecule has 0 aliphatic heterocycles. The lowest BCUT2D eigenvalue weighted by atomic mass is 10.2. The molecule has 1 aromatic heterocycles. The minimum absolute atomic E-state index is 0.0454. The molecule has 1 amide bonds. The molecule has 0 aliphatic rings. The van der Waals surface area contributed by atoms with Gasteiger partial charge < -0.3 is 11.1 Å². The summed E-state index contributed by atoms with van der Waals surface area (Å²) in [6.07, 6.45) is 0. The fourth-order valence-electron chi connectivity index (χ4n) is 1.47. The quantitative estimate of drug-likeness (QED) is 0.878. The fraction of sp³-hybridized carbons (Fsp3) is 0. The van der Waals surface area contributed by atoms with Gasteiger partial charge >= 0.3 is 0 Å². The van der Waals surface area contributed by atoms with E-state index in [4.69, 9.17) is 22.6 Å². The van der Waals surface area contributed by atoms with E-state index in [1.54, 1.807) is 24.3 Å². The molecule has 1 heterocycles. The number of anilines is 2. The second-order valence-electron chi connectivity index (χ2n) is 3.71. The number of nitrogen functional groups attached to an aromatic ring is 1. The minimum atomic E-state index is -0.479. The highest BCUT2D eigenvalue weighted by Gasteiger charge is 2.13. The van der Waals surface area contributed by atoms with Crippen LogP contribution in [0.1, 0.15) is 16.1 Å². The third-order valence-corrected chi connectivity index (χ3v) is 2.64. The lowest BCUT2D eigenvalue weighted by Gasteiger charge is -2.06. The smallest absolute Gasteiger partial charge is 0.275 e. The summed E-state index contributed by atoms with van der Waals surface area (Å²) in [5.41, 5.74) is 6.50. The Hall–Kier alpha value is -2.58. The van der Waals surface area contributed by atoms with Crippen molar-refractivity contribution in [2.24, 2.45) is 0 Å². The summed E-state index contributed by atoms with van der Waals surface area (Å²) in [6.45, 7) is 0. The van der Waals surface area contributed by atoms with Crippen molar-refractivity contribution >= 4 is 29.0 Å². The van der Waals surface area contributed by atoms with E-state index in [1.165, 1.54) is 12.1 Å². The first-order valence-corrected chi connectivity index (χ1v) is 5.71. The van der Waals surface area contributed by atoms with Crippen LogP contribution in [0.15, 0.2) is 36.4 Å². The zero-order valence-electron chi connectivity index (χ0n) is 9.72. The molecule has 94 valence electrons. The van der Waals surface area contributed by atoms with Gasteiger partial charge in [-0.05, 0) is 30.3 Å². The van der Waals surface area contributed by atoms with Crippen LogP contribution in [0.5, 0.6) is 0 Å². The average molecular weight is 273 g/mol. The SMILES string of the molecule is N#Cc1cccc(NC(=O)c2nc(N)ccc2Cl)c1. The second-order valence-corrected chi connectivity index (χ2v) is 4.12. The molecule has 0 spiro atoms. The summed E-state index contributed by atoms with van der Waals surface area (Å²) < 4.78 is 0. The highest BCUT2D eigenvalue weighted by atomic mass is 35.5. The Kier molecular flexibility index (Phi) is 3.64. The van der Waals surface area contributed by atoms with E-state index >= 15 is 0 Å². The standard InChI is InChI=1S/C13H9ClN4O/c14-10-4-5-11(16)18-12(10)13(19)17-9-3-1-2-8(6-9)7-15/h1-6H,(H2,16,18)(H,17,19). The zero-order valence-corrected chi connectivity index (χ0v) is 10.5. The molecule has 2 rings (SSSR count). The first kappa shape index (κ1) is 12.9. The van der Waals surface area contributed by atoms with Crippen LogP contribution in [-0.2, 0) is 0 Å². The average Bonchev–Trinajstić information content (AvgIpc) is 2.41. The Morgan fingerprint density at radius 3 is 2.89 bits per heavy atom. The molecule has 0 atom stereocenters. The van der Waals surface area contributed by atoms with E-state index < -0.39 is 5.91 Å². The number of benzene rings is 1. The van der Waals surface area contributed by atoms with Crippen LogP contribution in [0.25, 0.3) is 0 Å². The second kappa shape index (κ2) is 5.38. The number of aromatic nitrogens is 1. The lowest BCUT2D eigenvalue weighted by molar-refractivity contribution is 0.102. The van der Waals surface area contributed by atoms with Crippen LogP contribution in [0, 0.1) is 11.3 Å². The lowest BCUT2D eigenvalue weighted by Crippen LogP contribution is -2.15. The van der Waals surface area contributed by atoms with Crippen molar-refractivity contribution in [1.82, 2.24) is 4.98 Å². The number of carbonyl (C=O) groups is 1. The molecule has 0 saturated heterocycles. The van der Waals surface area contributed by atoms with Crippen molar-refractivity contribution in [2.75, 3.05) is 11.1 Å². The van der Waals surface area contributed by atoms with E-state index in [9.17, 15) is 4.79 Å². The number of nitrogens with zero attached hydrogens (tertiary/aromatic N) is 2. The molecule has 3 N–H and O–H groups in total. The van der Waals surface area contributed by atoms with Gasteiger partial charge in [0.05, 0.1) is 16.7 Å². The summed E-state index contributed by atoms with van der Waals surface area (Å²) in [7, 11) is 0. The van der Waals surface area contributed by atoms with Gasteiger partial charge in [-0.3, -0.25) is 4.79 Å². The largest absolute Gasteiger partial charge is 0.384 e. The number of pyridine rings is 1. The van der Waals surface area contributed by atoms with Gasteiger partial charge in [-0.1, -0.05) is 17.7 Å². The maximum atomic E-state index is 12.0. The van der Waals surface area contributed by atoms with Crippen LogP contribution in [0.3, 0.4) is 0 Å². The van der Waals surface area contributed by atoms with Crippen LogP contribution >= 0.6 is 11.6 Å². The summed E-state index contributed by atoms with van der Waals surface area (Å²) >= 11 is 5.88. The van der Waals surface area contributed by atoms with Crippen molar-refractivity contribution in [3.05, 3.63) is 52.7 Å². The van der Waals surface area contributed by atoms with E-state index in [1.807, 2.05) is 6.07 Å². The normalized spacial score (nSPS) is 9.68. The highest BCUT2D eigenvalue weighted by Crippen LogP contribution is 2.17. The van der Waals surface area contributed by atoms with Crippen LogP contribution in [0.4, 0.5) is 11.5 Å². The van der Waals surface area contributed by atoms with Crippen LogP contribution < -0.4 is 11.1 Å². The van der Waals surface area contributed by atoms with Gasteiger partial charge in [0.2, 0.25) is 0 Å². The van der Waals surface area contributed by atoms with Gasteiger partial charge in [0.25, 0.3) is 5.91 Å². The number of nitrogens with two attached hydrogens (primary N) is 1. The van der Waals surface area contributed by atoms with Crippen molar-refractivity contribution in [1.29, 1.82) is 5.26 Å². The van der Waals surface area contributed by atoms with E-state index in [0.717, 1.165) is 0 Å². The van der Waals surface area contributed by atoms with Crippen molar-refractivity contribution in [3.63, 3.8) is 0 Å². The number of nitriles is 1. The molecule has 0 fully saturated rings. The maximum absolute atomic E-state index is 12.0. The Bertz CT molecular complexity index is 679. The van der Waals surface area contributed by atoms with Gasteiger partial charge in [0.15, 0.2) is 0 Å². The van der Waals surface area contributed by atoms with E-state index in [2.05, 4.69) is 10.3 Å². The molecule has 0 unspecified atom stereocenters. The number of amides is 1. The predicted octanol–water partition coefficient (Wildman–Crippen LogP) is 2.44. The van der Waals surface area contributed by atoms with Crippen molar-refractivity contribution in [3.8, 4) is 6.07 Å². The zero-order chi connectivity index (χ0) is 13.8. The number of carbonyl (C=O) groups excluding carboxylic acids is 1. The molecule has 0 saturated carbocycles. The molecule has 0 bridgehead atoms. The number of hydrogen-bond donors (Lipinski definition) is 2. The monoisotopic (exact) mass is 272 g/mol. The highest BCUT2D eigenvalue weighted by molar-refractivity contribution is 6.34. The van der Waals surface area contributed by atoms with Gasteiger partial charge in [-0.2, -0.15) is 5.26 Å². The predicted molar refractivity (Wildman–Crippen MR) is 72.8 cm³/mol. The Morgan fingerprint density at radius 2 is 2.16 bits per heavy atom. The fourth-order valence-corrected chi connectivity index (χ4v) is 1.66. The van der Waals surface area contributed by atoms with Gasteiger partial charge in [0.1, 0.15) is 11.5 Å².